The van der Waals surface area contributed by atoms with Crippen LogP contribution in [0, 0.1) is 0 Å². The molecule has 0 aliphatic rings. The molecule has 0 aromatic carbocycles. The average molecular weight is 1100 g/mol. The van der Waals surface area contributed by atoms with Crippen molar-refractivity contribution >= 4 is 17.9 Å². The lowest BCUT2D eigenvalue weighted by Gasteiger charge is -2.18. The first kappa shape index (κ1) is 75.8. The Balaban J connectivity index is 4.36. The van der Waals surface area contributed by atoms with Gasteiger partial charge in [-0.05, 0) is 89.9 Å². The van der Waals surface area contributed by atoms with Crippen molar-refractivity contribution in [3.05, 3.63) is 72.9 Å². The summed E-state index contributed by atoms with van der Waals surface area (Å²) in [6, 6.07) is 0. The van der Waals surface area contributed by atoms with Gasteiger partial charge >= 0.3 is 17.9 Å². The quantitative estimate of drug-likeness (QED) is 0.0261. The van der Waals surface area contributed by atoms with E-state index in [1.807, 2.05) is 0 Å². The monoisotopic (exact) mass is 1100 g/mol. The van der Waals surface area contributed by atoms with E-state index in [-0.39, 0.29) is 31.1 Å². The standard InChI is InChI=1S/C73H130O6/c1-4-7-10-13-16-19-22-25-28-31-34-35-36-37-40-42-45-48-51-54-57-60-63-66-72(75)78-69-70(79-73(76)67-64-61-58-55-52-49-46-43-39-33-30-27-24-21-18-15-12-9-6-3)68-77-71(74)65-62-59-56-53-50-47-44-41-38-32-29-26-23-20-17-14-11-8-5-2/h9,12,18,21-22,25,27,30-31,34,39,43,70H,4-8,10-11,13-17,19-20,23-24,26,28-29,32-33,35-38,40-42,44-69H2,1-3H3/b12-9-,21-18-,25-22-,30-27-,34-31-,43-39-. The molecular formula is C73H130O6. The van der Waals surface area contributed by atoms with E-state index in [0.717, 1.165) is 103 Å². The third-order valence-corrected chi connectivity index (χ3v) is 15.2. The number of hydrogen-bond donors (Lipinski definition) is 0. The molecule has 0 saturated heterocycles. The molecule has 0 saturated carbocycles. The van der Waals surface area contributed by atoms with Gasteiger partial charge in [0.2, 0.25) is 0 Å². The van der Waals surface area contributed by atoms with Crippen molar-refractivity contribution < 1.29 is 28.6 Å². The van der Waals surface area contributed by atoms with Gasteiger partial charge in [0.05, 0.1) is 0 Å². The molecule has 0 heterocycles. The fourth-order valence-corrected chi connectivity index (χ4v) is 10.1. The molecule has 6 nitrogen and oxygen atoms in total. The Bertz CT molecular complexity index is 1450. The Labute approximate surface area is 491 Å². The summed E-state index contributed by atoms with van der Waals surface area (Å²) in [6.45, 7) is 6.56. The molecule has 0 aromatic heterocycles. The van der Waals surface area contributed by atoms with Crippen LogP contribution in [0.3, 0.4) is 0 Å². The lowest BCUT2D eigenvalue weighted by Crippen LogP contribution is -2.30. The largest absolute Gasteiger partial charge is 0.462 e. The molecule has 0 spiro atoms. The Hall–Kier alpha value is -3.15. The molecule has 1 atom stereocenters. The second-order valence-electron chi connectivity index (χ2n) is 23.1. The van der Waals surface area contributed by atoms with Crippen molar-refractivity contribution in [2.24, 2.45) is 0 Å². The molecule has 0 aliphatic carbocycles. The van der Waals surface area contributed by atoms with Crippen LogP contribution >= 0.6 is 0 Å². The Morgan fingerprint density at radius 3 is 0.772 bits per heavy atom. The van der Waals surface area contributed by atoms with Gasteiger partial charge in [-0.2, -0.15) is 0 Å². The van der Waals surface area contributed by atoms with Gasteiger partial charge in [-0.15, -0.1) is 0 Å². The zero-order valence-corrected chi connectivity index (χ0v) is 52.6. The number of esters is 3. The first-order chi connectivity index (χ1) is 39.0. The van der Waals surface area contributed by atoms with E-state index >= 15 is 0 Å². The van der Waals surface area contributed by atoms with Gasteiger partial charge in [0.1, 0.15) is 13.2 Å². The minimum absolute atomic E-state index is 0.0783. The Morgan fingerprint density at radius 2 is 0.494 bits per heavy atom. The van der Waals surface area contributed by atoms with Crippen molar-refractivity contribution in [2.75, 3.05) is 13.2 Å². The number of unbranched alkanes of at least 4 members (excludes halogenated alkanes) is 40. The summed E-state index contributed by atoms with van der Waals surface area (Å²) in [7, 11) is 0. The first-order valence-electron chi connectivity index (χ1n) is 34.4. The summed E-state index contributed by atoms with van der Waals surface area (Å²) >= 11 is 0. The highest BCUT2D eigenvalue weighted by Crippen LogP contribution is 2.18. The molecular weight excluding hydrogens is 973 g/mol. The second-order valence-corrected chi connectivity index (χ2v) is 23.1. The fraction of sp³-hybridized carbons (Fsp3) is 0.795. The highest BCUT2D eigenvalue weighted by atomic mass is 16.6. The Kier molecular flexibility index (Phi) is 64.7. The van der Waals surface area contributed by atoms with Crippen LogP contribution in [0.2, 0.25) is 0 Å². The van der Waals surface area contributed by atoms with Crippen LogP contribution in [0.1, 0.15) is 355 Å². The zero-order chi connectivity index (χ0) is 57.1. The van der Waals surface area contributed by atoms with Crippen molar-refractivity contribution in [1.82, 2.24) is 0 Å². The van der Waals surface area contributed by atoms with Crippen LogP contribution in [0.15, 0.2) is 72.9 Å². The third kappa shape index (κ3) is 65.5. The van der Waals surface area contributed by atoms with Crippen molar-refractivity contribution in [1.29, 1.82) is 0 Å². The molecule has 0 fully saturated rings. The molecule has 0 aromatic rings. The van der Waals surface area contributed by atoms with E-state index in [1.54, 1.807) is 0 Å². The van der Waals surface area contributed by atoms with Gasteiger partial charge in [-0.3, -0.25) is 14.4 Å². The highest BCUT2D eigenvalue weighted by Gasteiger charge is 2.19. The summed E-state index contributed by atoms with van der Waals surface area (Å²) in [4.78, 5) is 38.5. The van der Waals surface area contributed by atoms with Crippen LogP contribution in [-0.4, -0.2) is 37.2 Å². The molecule has 458 valence electrons. The van der Waals surface area contributed by atoms with Crippen LogP contribution in [0.4, 0.5) is 0 Å². The second kappa shape index (κ2) is 67.4. The van der Waals surface area contributed by atoms with E-state index in [4.69, 9.17) is 14.2 Å². The average Bonchev–Trinajstić information content (AvgIpc) is 3.45. The highest BCUT2D eigenvalue weighted by molar-refractivity contribution is 5.71. The van der Waals surface area contributed by atoms with E-state index < -0.39 is 6.10 Å². The molecule has 0 amide bonds. The number of ether oxygens (including phenoxy) is 3. The topological polar surface area (TPSA) is 78.9 Å². The van der Waals surface area contributed by atoms with Crippen molar-refractivity contribution in [2.45, 2.75) is 361 Å². The van der Waals surface area contributed by atoms with Gasteiger partial charge < -0.3 is 14.2 Å². The predicted octanol–water partition coefficient (Wildman–Crippen LogP) is 23.7. The molecule has 0 rings (SSSR count). The molecule has 0 radical (unpaired) electrons. The number of carbonyl (C=O) groups is 3. The normalized spacial score (nSPS) is 12.5. The smallest absolute Gasteiger partial charge is 0.306 e. The minimum atomic E-state index is -0.785. The number of carbonyl (C=O) groups excluding carboxylic acids is 3. The first-order valence-corrected chi connectivity index (χ1v) is 34.4. The summed E-state index contributed by atoms with van der Waals surface area (Å²) in [6.07, 6.45) is 87.7. The number of allylic oxidation sites excluding steroid dienone is 12. The van der Waals surface area contributed by atoms with E-state index in [1.165, 1.54) is 212 Å². The summed E-state index contributed by atoms with van der Waals surface area (Å²) in [5.74, 6) is -0.873. The lowest BCUT2D eigenvalue weighted by atomic mass is 10.0. The molecule has 6 heteroatoms. The van der Waals surface area contributed by atoms with Crippen LogP contribution in [-0.2, 0) is 28.6 Å². The molecule has 0 N–H and O–H groups in total. The Morgan fingerprint density at radius 1 is 0.266 bits per heavy atom. The van der Waals surface area contributed by atoms with Crippen molar-refractivity contribution in [3.8, 4) is 0 Å². The third-order valence-electron chi connectivity index (χ3n) is 15.2. The maximum absolute atomic E-state index is 12.9. The van der Waals surface area contributed by atoms with E-state index in [0.29, 0.717) is 19.3 Å². The minimum Gasteiger partial charge on any atom is -0.462 e. The van der Waals surface area contributed by atoms with Crippen LogP contribution < -0.4 is 0 Å². The molecule has 79 heavy (non-hydrogen) atoms. The lowest BCUT2D eigenvalue weighted by molar-refractivity contribution is -0.167. The van der Waals surface area contributed by atoms with E-state index in [9.17, 15) is 14.4 Å². The van der Waals surface area contributed by atoms with Gasteiger partial charge in [-0.1, -0.05) is 318 Å². The molecule has 1 unspecified atom stereocenters. The summed E-state index contributed by atoms with van der Waals surface area (Å²) < 4.78 is 17.0. The maximum atomic E-state index is 12.9. The van der Waals surface area contributed by atoms with Gasteiger partial charge in [0.25, 0.3) is 0 Å². The van der Waals surface area contributed by atoms with Gasteiger partial charge in [0.15, 0.2) is 6.10 Å². The number of hydrogen-bond acceptors (Lipinski definition) is 6. The number of rotatable bonds is 63. The molecule has 0 bridgehead atoms. The summed E-state index contributed by atoms with van der Waals surface area (Å²) in [5, 5.41) is 0. The zero-order valence-electron chi connectivity index (χ0n) is 52.6. The van der Waals surface area contributed by atoms with Crippen LogP contribution in [0.5, 0.6) is 0 Å². The summed E-state index contributed by atoms with van der Waals surface area (Å²) in [5.41, 5.74) is 0. The van der Waals surface area contributed by atoms with Gasteiger partial charge in [-0.25, -0.2) is 0 Å². The van der Waals surface area contributed by atoms with Gasteiger partial charge in [0, 0.05) is 19.3 Å². The maximum Gasteiger partial charge on any atom is 0.306 e. The predicted molar refractivity (Wildman–Crippen MR) is 344 cm³/mol. The van der Waals surface area contributed by atoms with Crippen molar-refractivity contribution in [3.63, 3.8) is 0 Å². The molecule has 0 aliphatic heterocycles. The fourth-order valence-electron chi connectivity index (χ4n) is 10.1. The van der Waals surface area contributed by atoms with Crippen LogP contribution in [0.25, 0.3) is 0 Å². The SMILES string of the molecule is CC/C=C\C/C=C\C/C=C\C/C=C\CCCCCCCCC(=O)OC(COC(=O)CCCCCCCCCCCCC/C=C\C/C=C\CCCCCCC)COC(=O)CCCCCCCCCCCCCCCCCCCCC. The van der Waals surface area contributed by atoms with E-state index in [2.05, 4.69) is 93.7 Å².